The van der Waals surface area contributed by atoms with E-state index in [0.717, 1.165) is 41.2 Å². The Labute approximate surface area is 230 Å². The molecule has 1 atom stereocenters. The van der Waals surface area contributed by atoms with E-state index >= 15 is 0 Å². The Morgan fingerprint density at radius 1 is 1.26 bits per heavy atom. The molecule has 0 radical (unpaired) electrons. The summed E-state index contributed by atoms with van der Waals surface area (Å²) in [5.74, 6) is 1.01. The van der Waals surface area contributed by atoms with Crippen molar-refractivity contribution in [2.75, 3.05) is 18.6 Å². The van der Waals surface area contributed by atoms with Gasteiger partial charge in [0.05, 0.1) is 12.7 Å². The molecule has 208 valence electrons. The number of nitrogens with zero attached hydrogens (tertiary/aromatic N) is 2. The highest BCUT2D eigenvalue weighted by atomic mass is 16.5. The molecule has 1 aliphatic heterocycles. The zero-order valence-corrected chi connectivity index (χ0v) is 23.3. The number of aromatic nitrogens is 1. The molecule has 0 spiro atoms. The number of carbonyl (C=O) groups excluding carboxylic acids is 3. The fourth-order valence-corrected chi connectivity index (χ4v) is 4.22. The average molecular weight is 535 g/mol. The molecule has 0 bridgehead atoms. The molecule has 2 heterocycles. The van der Waals surface area contributed by atoms with Crippen molar-refractivity contribution in [2.24, 2.45) is 0 Å². The molecule has 0 aliphatic carbocycles. The second-order valence-electron chi connectivity index (χ2n) is 9.49. The number of amides is 3. The van der Waals surface area contributed by atoms with Crippen molar-refractivity contribution in [3.63, 3.8) is 0 Å². The van der Waals surface area contributed by atoms with Crippen LogP contribution in [0.1, 0.15) is 58.1 Å². The van der Waals surface area contributed by atoms with Crippen LogP contribution in [0.25, 0.3) is 6.08 Å². The first-order valence-electron chi connectivity index (χ1n) is 13.4. The molecule has 1 aliphatic rings. The third-order valence-corrected chi connectivity index (χ3v) is 6.00. The highest BCUT2D eigenvalue weighted by Gasteiger charge is 2.27. The van der Waals surface area contributed by atoms with E-state index in [-0.39, 0.29) is 18.4 Å². The van der Waals surface area contributed by atoms with E-state index in [1.807, 2.05) is 57.0 Å². The molecular formula is C30H38N4O5. The van der Waals surface area contributed by atoms with Crippen LogP contribution in [0.2, 0.25) is 0 Å². The molecule has 1 fully saturated rings. The summed E-state index contributed by atoms with van der Waals surface area (Å²) in [7, 11) is 1.95. The first-order valence-corrected chi connectivity index (χ1v) is 13.4. The standard InChI is InChI=1S/C30H38N4O5/c1-6-11-22-18-23(19-25(38-7-2)28(22)39-20(3)4)34(5)29-21(13-10-17-31-29)12-8-9-14-26(35)32-24-15-16-27(36)33-30(24)37/h8-10,12-14,17-20,24H,6-7,11,15-16H2,1-5H3,(H,32,35)(H,33,36,37)/b12-8+,14-9+. The van der Waals surface area contributed by atoms with Gasteiger partial charge in [0.2, 0.25) is 17.7 Å². The average Bonchev–Trinajstić information content (AvgIpc) is 2.90. The Hall–Kier alpha value is -4.14. The molecule has 1 saturated heterocycles. The highest BCUT2D eigenvalue weighted by molar-refractivity contribution is 6.02. The molecule has 1 aromatic heterocycles. The number of pyridine rings is 1. The van der Waals surface area contributed by atoms with Crippen LogP contribution in [0.4, 0.5) is 11.5 Å². The predicted molar refractivity (Wildman–Crippen MR) is 152 cm³/mol. The van der Waals surface area contributed by atoms with Crippen LogP contribution in [0.5, 0.6) is 11.5 Å². The topological polar surface area (TPSA) is 110 Å². The number of carbonyl (C=O) groups is 3. The van der Waals surface area contributed by atoms with E-state index in [2.05, 4.69) is 28.6 Å². The molecule has 2 N–H and O–H groups in total. The van der Waals surface area contributed by atoms with E-state index in [1.54, 1.807) is 18.3 Å². The quantitative estimate of drug-likeness (QED) is 0.235. The normalized spacial score (nSPS) is 15.6. The Bertz CT molecular complexity index is 1210. The molecule has 3 rings (SSSR count). The number of allylic oxidation sites excluding steroid dienone is 2. The summed E-state index contributed by atoms with van der Waals surface area (Å²) in [4.78, 5) is 42.0. The van der Waals surface area contributed by atoms with Crippen molar-refractivity contribution in [1.82, 2.24) is 15.6 Å². The highest BCUT2D eigenvalue weighted by Crippen LogP contribution is 2.39. The molecule has 9 heteroatoms. The number of ether oxygens (including phenoxy) is 2. The Morgan fingerprint density at radius 2 is 2.05 bits per heavy atom. The molecular weight excluding hydrogens is 496 g/mol. The van der Waals surface area contributed by atoms with Gasteiger partial charge in [-0.3, -0.25) is 19.7 Å². The van der Waals surface area contributed by atoms with Gasteiger partial charge in [-0.2, -0.15) is 0 Å². The summed E-state index contributed by atoms with van der Waals surface area (Å²) in [6.45, 7) is 8.62. The van der Waals surface area contributed by atoms with Gasteiger partial charge in [0.1, 0.15) is 11.9 Å². The van der Waals surface area contributed by atoms with Gasteiger partial charge in [-0.15, -0.1) is 0 Å². The Kier molecular flexibility index (Phi) is 10.7. The largest absolute Gasteiger partial charge is 0.490 e. The molecule has 39 heavy (non-hydrogen) atoms. The molecule has 0 saturated carbocycles. The summed E-state index contributed by atoms with van der Waals surface area (Å²) in [6, 6.07) is 7.18. The number of hydrogen-bond acceptors (Lipinski definition) is 7. The number of imide groups is 1. The summed E-state index contributed by atoms with van der Waals surface area (Å²) in [5, 5.41) is 4.85. The van der Waals surface area contributed by atoms with Crippen LogP contribution in [0, 0.1) is 0 Å². The van der Waals surface area contributed by atoms with Crippen LogP contribution in [-0.4, -0.2) is 48.5 Å². The smallest absolute Gasteiger partial charge is 0.249 e. The maximum Gasteiger partial charge on any atom is 0.249 e. The number of anilines is 2. The first kappa shape index (κ1) is 29.4. The van der Waals surface area contributed by atoms with Crippen LogP contribution in [0.15, 0.2) is 48.7 Å². The van der Waals surface area contributed by atoms with Gasteiger partial charge in [-0.05, 0) is 51.8 Å². The minimum Gasteiger partial charge on any atom is -0.490 e. The second kappa shape index (κ2) is 14.1. The molecule has 9 nitrogen and oxygen atoms in total. The lowest BCUT2D eigenvalue weighted by atomic mass is 10.1. The number of aryl methyl sites for hydroxylation is 1. The van der Waals surface area contributed by atoms with Crippen molar-refractivity contribution in [1.29, 1.82) is 0 Å². The summed E-state index contributed by atoms with van der Waals surface area (Å²) in [5.41, 5.74) is 2.86. The van der Waals surface area contributed by atoms with Crippen LogP contribution >= 0.6 is 0 Å². The number of nitrogens with one attached hydrogen (secondary N) is 2. The van der Waals surface area contributed by atoms with Gasteiger partial charge in [0, 0.05) is 48.6 Å². The summed E-state index contributed by atoms with van der Waals surface area (Å²) in [6.07, 6.45) is 10.6. The van der Waals surface area contributed by atoms with Crippen molar-refractivity contribution >= 4 is 35.3 Å². The molecule has 2 aromatic rings. The van der Waals surface area contributed by atoms with E-state index < -0.39 is 17.9 Å². The predicted octanol–water partition coefficient (Wildman–Crippen LogP) is 4.48. The van der Waals surface area contributed by atoms with Crippen LogP contribution < -0.4 is 25.0 Å². The van der Waals surface area contributed by atoms with Crippen molar-refractivity contribution < 1.29 is 23.9 Å². The minimum absolute atomic E-state index is 0.0232. The maximum absolute atomic E-state index is 12.2. The zero-order chi connectivity index (χ0) is 28.4. The first-order chi connectivity index (χ1) is 18.7. The molecule has 3 amide bonds. The Morgan fingerprint density at radius 3 is 2.74 bits per heavy atom. The van der Waals surface area contributed by atoms with Crippen molar-refractivity contribution in [3.05, 3.63) is 59.8 Å². The maximum atomic E-state index is 12.2. The number of benzene rings is 1. The third-order valence-electron chi connectivity index (χ3n) is 6.00. The lowest BCUT2D eigenvalue weighted by Crippen LogP contribution is -2.51. The lowest BCUT2D eigenvalue weighted by molar-refractivity contribution is -0.136. The zero-order valence-electron chi connectivity index (χ0n) is 23.3. The van der Waals surface area contributed by atoms with Crippen LogP contribution in [0.3, 0.4) is 0 Å². The monoisotopic (exact) mass is 534 g/mol. The fraction of sp³-hybridized carbons (Fsp3) is 0.400. The summed E-state index contributed by atoms with van der Waals surface area (Å²) < 4.78 is 12.1. The van der Waals surface area contributed by atoms with Gasteiger partial charge in [0.15, 0.2) is 11.5 Å². The van der Waals surface area contributed by atoms with E-state index in [4.69, 9.17) is 9.47 Å². The molecule has 1 unspecified atom stereocenters. The molecule has 1 aromatic carbocycles. The number of hydrogen-bond donors (Lipinski definition) is 2. The van der Waals surface area contributed by atoms with Gasteiger partial charge in [0.25, 0.3) is 0 Å². The van der Waals surface area contributed by atoms with E-state index in [9.17, 15) is 14.4 Å². The number of piperidine rings is 1. The SMILES string of the molecule is CCCc1cc(N(C)c2ncccc2/C=C/C=C/C(=O)NC2CCC(=O)NC2=O)cc(OCC)c1OC(C)C. The van der Waals surface area contributed by atoms with Gasteiger partial charge in [-0.1, -0.05) is 31.6 Å². The summed E-state index contributed by atoms with van der Waals surface area (Å²) >= 11 is 0. The third kappa shape index (κ3) is 8.17. The van der Waals surface area contributed by atoms with Gasteiger partial charge >= 0.3 is 0 Å². The second-order valence-corrected chi connectivity index (χ2v) is 9.49. The lowest BCUT2D eigenvalue weighted by Gasteiger charge is -2.24. The van der Waals surface area contributed by atoms with Crippen LogP contribution in [-0.2, 0) is 20.8 Å². The van der Waals surface area contributed by atoms with Gasteiger partial charge < -0.3 is 19.7 Å². The minimum atomic E-state index is -0.709. The number of rotatable bonds is 12. The van der Waals surface area contributed by atoms with Crippen molar-refractivity contribution in [2.45, 2.75) is 65.5 Å². The van der Waals surface area contributed by atoms with E-state index in [0.29, 0.717) is 18.8 Å². The Balaban J connectivity index is 1.80. The van der Waals surface area contributed by atoms with Crippen molar-refractivity contribution in [3.8, 4) is 11.5 Å². The van der Waals surface area contributed by atoms with Gasteiger partial charge in [-0.25, -0.2) is 4.98 Å². The fourth-order valence-electron chi connectivity index (χ4n) is 4.22. The van der Waals surface area contributed by atoms with E-state index in [1.165, 1.54) is 6.08 Å².